The summed E-state index contributed by atoms with van der Waals surface area (Å²) in [6.45, 7) is -0.247. The van der Waals surface area contributed by atoms with E-state index in [9.17, 15) is 31.9 Å². The lowest BCUT2D eigenvalue weighted by Gasteiger charge is -2.35. The molecule has 224 valence electrons. The van der Waals surface area contributed by atoms with Crippen molar-refractivity contribution in [3.8, 4) is 5.75 Å². The molecule has 2 aromatic carbocycles. The smallest absolute Gasteiger partial charge is 0.387 e. The molecule has 3 amide bonds. The average Bonchev–Trinajstić information content (AvgIpc) is 3.33. The number of rotatable bonds is 8. The molecule has 1 saturated heterocycles. The summed E-state index contributed by atoms with van der Waals surface area (Å²) in [6.07, 6.45) is 1.06. The van der Waals surface area contributed by atoms with Crippen molar-refractivity contribution in [3.63, 3.8) is 0 Å². The quantitative estimate of drug-likeness (QED) is 0.462. The molecule has 0 aliphatic carbocycles. The van der Waals surface area contributed by atoms with Crippen LogP contribution in [0.3, 0.4) is 0 Å². The Hall–Kier alpha value is -4.04. The zero-order valence-electron chi connectivity index (χ0n) is 22.8. The highest BCUT2D eigenvalue weighted by Crippen LogP contribution is 2.29. The van der Waals surface area contributed by atoms with E-state index >= 15 is 0 Å². The van der Waals surface area contributed by atoms with Gasteiger partial charge in [-0.2, -0.15) is 13.2 Å². The average molecular weight is 611 g/mol. The van der Waals surface area contributed by atoms with Gasteiger partial charge in [0.05, 0.1) is 29.1 Å². The second-order valence-electron chi connectivity index (χ2n) is 9.95. The van der Waals surface area contributed by atoms with Crippen LogP contribution in [0.1, 0.15) is 22.8 Å². The Kier molecular flexibility index (Phi) is 9.16. The summed E-state index contributed by atoms with van der Waals surface area (Å²) in [6, 6.07) is 6.12. The number of likely N-dealkylation sites (N-methyl/N-ethyl adjacent to an activating group) is 1. The number of aliphatic imine (C=N–C) groups is 2. The van der Waals surface area contributed by atoms with Gasteiger partial charge in [0.15, 0.2) is 11.6 Å². The summed E-state index contributed by atoms with van der Waals surface area (Å²) in [5, 5.41) is 2.67. The lowest BCUT2D eigenvalue weighted by Crippen LogP contribution is -2.52. The van der Waals surface area contributed by atoms with E-state index in [1.165, 1.54) is 25.1 Å². The van der Waals surface area contributed by atoms with Gasteiger partial charge in [-0.05, 0) is 51.4 Å². The molecule has 1 unspecified atom stereocenters. The fourth-order valence-electron chi connectivity index (χ4n) is 4.35. The highest BCUT2D eigenvalue weighted by atomic mass is 35.5. The van der Waals surface area contributed by atoms with Crippen molar-refractivity contribution in [2.75, 3.05) is 52.1 Å². The SMILES string of the molecule is CN(C)CC(=O)N1CCN(C(=O)c2ccc(NC(=O)C3(C)N=CC(c4ccc(OC(F)F)c(F)c4F)=N3)cc2Cl)CC1. The van der Waals surface area contributed by atoms with Crippen molar-refractivity contribution in [2.24, 2.45) is 9.98 Å². The molecule has 10 nitrogen and oxygen atoms in total. The molecule has 15 heteroatoms. The van der Waals surface area contributed by atoms with Crippen LogP contribution in [0.2, 0.25) is 5.02 Å². The number of halogens is 5. The molecule has 2 aliphatic heterocycles. The number of amides is 3. The van der Waals surface area contributed by atoms with Crippen molar-refractivity contribution in [1.82, 2.24) is 14.7 Å². The van der Waals surface area contributed by atoms with Crippen LogP contribution in [0, 0.1) is 11.6 Å². The topological polar surface area (TPSA) is 107 Å². The van der Waals surface area contributed by atoms with Crippen LogP contribution in [0.4, 0.5) is 23.2 Å². The van der Waals surface area contributed by atoms with Gasteiger partial charge in [0.2, 0.25) is 17.4 Å². The van der Waals surface area contributed by atoms with Crippen LogP contribution < -0.4 is 10.1 Å². The summed E-state index contributed by atoms with van der Waals surface area (Å²) in [4.78, 5) is 51.5. The van der Waals surface area contributed by atoms with Crippen LogP contribution in [-0.2, 0) is 9.59 Å². The Morgan fingerprint density at radius 3 is 2.36 bits per heavy atom. The van der Waals surface area contributed by atoms with E-state index in [4.69, 9.17) is 11.6 Å². The van der Waals surface area contributed by atoms with E-state index in [1.807, 2.05) is 0 Å². The predicted octanol–water partition coefficient (Wildman–Crippen LogP) is 3.29. The minimum Gasteiger partial charge on any atom is -0.432 e. The zero-order chi connectivity index (χ0) is 30.8. The van der Waals surface area contributed by atoms with Gasteiger partial charge in [-0.15, -0.1) is 0 Å². The second kappa shape index (κ2) is 12.4. The van der Waals surface area contributed by atoms with Crippen LogP contribution in [0.25, 0.3) is 0 Å². The normalized spacial score (nSPS) is 18.5. The predicted molar refractivity (Wildman–Crippen MR) is 148 cm³/mol. The van der Waals surface area contributed by atoms with Gasteiger partial charge in [-0.1, -0.05) is 11.6 Å². The number of carbonyl (C=O) groups excluding carboxylic acids is 3. The molecular weight excluding hydrogens is 584 g/mol. The largest absolute Gasteiger partial charge is 0.432 e. The molecular formula is C27H27ClF4N6O4. The third-order valence-corrected chi connectivity index (χ3v) is 6.89. The second-order valence-corrected chi connectivity index (χ2v) is 10.4. The first-order valence-corrected chi connectivity index (χ1v) is 13.1. The first kappa shape index (κ1) is 30.9. The molecule has 0 bridgehead atoms. The number of carbonyl (C=O) groups is 3. The molecule has 0 spiro atoms. The van der Waals surface area contributed by atoms with Crippen molar-refractivity contribution < 1.29 is 36.7 Å². The van der Waals surface area contributed by atoms with Gasteiger partial charge in [0.1, 0.15) is 0 Å². The van der Waals surface area contributed by atoms with E-state index in [0.717, 1.165) is 18.3 Å². The van der Waals surface area contributed by atoms with Crippen LogP contribution in [0.15, 0.2) is 40.3 Å². The first-order chi connectivity index (χ1) is 19.8. The molecule has 0 radical (unpaired) electrons. The zero-order valence-corrected chi connectivity index (χ0v) is 23.6. The van der Waals surface area contributed by atoms with Gasteiger partial charge >= 0.3 is 6.61 Å². The summed E-state index contributed by atoms with van der Waals surface area (Å²) >= 11 is 6.38. The maximum absolute atomic E-state index is 14.5. The van der Waals surface area contributed by atoms with E-state index in [2.05, 4.69) is 20.0 Å². The monoisotopic (exact) mass is 610 g/mol. The number of anilines is 1. The minimum absolute atomic E-state index is 0.0170. The number of benzene rings is 2. The molecule has 0 aromatic heterocycles. The number of alkyl halides is 2. The fraction of sp³-hybridized carbons (Fsp3) is 0.370. The molecule has 1 atom stereocenters. The highest BCUT2D eigenvalue weighted by molar-refractivity contribution is 6.40. The van der Waals surface area contributed by atoms with Gasteiger partial charge in [-0.3, -0.25) is 19.4 Å². The van der Waals surface area contributed by atoms with Gasteiger partial charge in [-0.25, -0.2) is 9.38 Å². The van der Waals surface area contributed by atoms with E-state index in [-0.39, 0.29) is 40.3 Å². The maximum Gasteiger partial charge on any atom is 0.387 e. The number of piperazine rings is 1. The summed E-state index contributed by atoms with van der Waals surface area (Å²) in [5.41, 5.74) is -1.91. The van der Waals surface area contributed by atoms with Gasteiger partial charge in [0.25, 0.3) is 11.8 Å². The Labute approximate surface area is 243 Å². The molecule has 2 aromatic rings. The number of nitrogens with one attached hydrogen (secondary N) is 1. The van der Waals surface area contributed by atoms with Crippen LogP contribution in [0.5, 0.6) is 5.75 Å². The molecule has 42 heavy (non-hydrogen) atoms. The molecule has 1 N–H and O–H groups in total. The van der Waals surface area contributed by atoms with Gasteiger partial charge in [0, 0.05) is 37.4 Å². The molecule has 2 heterocycles. The Morgan fingerprint density at radius 2 is 1.74 bits per heavy atom. The van der Waals surface area contributed by atoms with Crippen molar-refractivity contribution in [1.29, 1.82) is 0 Å². The maximum atomic E-state index is 14.5. The lowest BCUT2D eigenvalue weighted by molar-refractivity contribution is -0.133. The third kappa shape index (κ3) is 6.71. The highest BCUT2D eigenvalue weighted by Gasteiger charge is 2.37. The van der Waals surface area contributed by atoms with Crippen molar-refractivity contribution in [2.45, 2.75) is 19.2 Å². The Bertz CT molecular complexity index is 1460. The Balaban J connectivity index is 1.41. The van der Waals surface area contributed by atoms with Crippen molar-refractivity contribution >= 4 is 46.9 Å². The van der Waals surface area contributed by atoms with E-state index in [1.54, 1.807) is 28.8 Å². The van der Waals surface area contributed by atoms with Crippen LogP contribution >= 0.6 is 11.6 Å². The van der Waals surface area contributed by atoms with Crippen LogP contribution in [-0.4, -0.2) is 103 Å². The van der Waals surface area contributed by atoms with E-state index < -0.39 is 41.1 Å². The fourth-order valence-corrected chi connectivity index (χ4v) is 4.61. The number of ether oxygens (including phenoxy) is 1. The first-order valence-electron chi connectivity index (χ1n) is 12.7. The van der Waals surface area contributed by atoms with Crippen molar-refractivity contribution in [3.05, 3.63) is 58.1 Å². The molecule has 0 saturated carbocycles. The number of hydrogen-bond acceptors (Lipinski definition) is 7. The summed E-state index contributed by atoms with van der Waals surface area (Å²) < 4.78 is 57.5. The summed E-state index contributed by atoms with van der Waals surface area (Å²) in [5.74, 6) is -5.17. The lowest BCUT2D eigenvalue weighted by atomic mass is 10.1. The standard InChI is InChI=1S/C27H27ClF4N6O4/c1-27(33-13-19(35-27)17-6-7-20(42-26(31)32)23(30)22(17)29)25(41)34-15-4-5-16(18(28)12-15)24(40)38-10-8-37(9-11-38)21(39)14-36(2)3/h4-7,12-13,26H,8-11,14H2,1-3H3,(H,34,41). The molecule has 2 aliphatic rings. The van der Waals surface area contributed by atoms with Gasteiger partial charge < -0.3 is 24.8 Å². The minimum atomic E-state index is -3.34. The third-order valence-electron chi connectivity index (χ3n) is 6.57. The number of nitrogens with zero attached hydrogens (tertiary/aromatic N) is 5. The van der Waals surface area contributed by atoms with E-state index in [0.29, 0.717) is 26.2 Å². The summed E-state index contributed by atoms with van der Waals surface area (Å²) in [7, 11) is 3.61. The molecule has 4 rings (SSSR count). The molecule has 1 fully saturated rings. The number of hydrogen-bond donors (Lipinski definition) is 1. The Morgan fingerprint density at radius 1 is 1.07 bits per heavy atom.